The van der Waals surface area contributed by atoms with E-state index in [0.29, 0.717) is 0 Å². The Kier molecular flexibility index (Phi) is 11.2. The van der Waals surface area contributed by atoms with E-state index in [1.807, 2.05) is 0 Å². The minimum atomic E-state index is -2.78. The number of halogens is 2. The molecule has 0 atom stereocenters. The molecule has 0 N–H and O–H groups in total. The third-order valence-corrected chi connectivity index (χ3v) is 18.7. The van der Waals surface area contributed by atoms with Crippen LogP contribution in [0.25, 0.3) is 32.7 Å². The molecule has 0 bridgehead atoms. The molecule has 8 rings (SSSR count). The zero-order valence-corrected chi connectivity index (χ0v) is 35.3. The maximum absolute atomic E-state index is 2.78. The zero-order valence-electron chi connectivity index (χ0n) is 31.3. The van der Waals surface area contributed by atoms with Gasteiger partial charge in [0, 0.05) is 0 Å². The Hall–Kier alpha value is -3.35. The molecular weight excluding hydrogens is 751 g/mol. The minimum absolute atomic E-state index is 0. The Morgan fingerprint density at radius 1 is 0.615 bits per heavy atom. The summed E-state index contributed by atoms with van der Waals surface area (Å²) in [4.78, 5) is 0. The molecule has 0 saturated heterocycles. The summed E-state index contributed by atoms with van der Waals surface area (Å²) in [6.45, 7) is 14.3. The molecule has 0 amide bonds. The summed E-state index contributed by atoms with van der Waals surface area (Å²) >= 11 is -2.78. The van der Waals surface area contributed by atoms with E-state index >= 15 is 0 Å². The molecule has 0 unspecified atom stereocenters. The minimum Gasteiger partial charge on any atom is -1.00 e. The third-order valence-electron chi connectivity index (χ3n) is 11.0. The fraction of sp³-hybridized carbons (Fsp3) is 0.245. The van der Waals surface area contributed by atoms with Crippen LogP contribution in [-0.4, -0.2) is 3.21 Å². The van der Waals surface area contributed by atoms with Gasteiger partial charge in [-0.2, -0.15) is 0 Å². The van der Waals surface area contributed by atoms with Crippen molar-refractivity contribution in [2.24, 2.45) is 0 Å². The summed E-state index contributed by atoms with van der Waals surface area (Å²) in [5.74, 6) is 0. The van der Waals surface area contributed by atoms with Crippen LogP contribution in [-0.2, 0) is 51.4 Å². The number of benzene rings is 6. The van der Waals surface area contributed by atoms with Crippen LogP contribution in [0.5, 0.6) is 0 Å². The van der Waals surface area contributed by atoms with Crippen LogP contribution >= 0.6 is 0 Å². The normalized spacial score (nSPS) is 13.1. The first-order valence-corrected chi connectivity index (χ1v) is 22.1. The fourth-order valence-corrected chi connectivity index (χ4v) is 17.5. The fourth-order valence-electron chi connectivity index (χ4n) is 8.44. The smallest absolute Gasteiger partial charge is 1.00 e. The van der Waals surface area contributed by atoms with E-state index in [9.17, 15) is 0 Å². The molecular formula is C49H48Cl2Zr. The standard InChI is InChI=1S/C23H18.C21H25.C5H5.2ClH.Zr/c1-3-16-22-18(8-1)10-5-12-20(22)14-7-15-21-13-6-11-19-9-2-4-17-23(19)21;1-20(2,3)16-7-9-18-14(12-16)11-15-13-17(21(4,5)6)8-10-19(15)18;1-2-4-5-3-1;;;/h1-6,8-13,16-17H,14-15H2;7-10,12H,11H2,1-6H3;1-3H,4H2;2*1H;/q;;;;;+2/p-2. The number of fused-ring (bicyclic) bond motifs is 5. The molecule has 52 heavy (non-hydrogen) atoms. The summed E-state index contributed by atoms with van der Waals surface area (Å²) in [7, 11) is 0. The molecule has 6 aromatic carbocycles. The molecule has 262 valence electrons. The van der Waals surface area contributed by atoms with Crippen LogP contribution in [0.15, 0.2) is 137 Å². The molecule has 2 aliphatic rings. The van der Waals surface area contributed by atoms with Gasteiger partial charge in [-0.3, -0.25) is 0 Å². The maximum Gasteiger partial charge on any atom is -1.00 e. The first-order chi connectivity index (χ1) is 24.1. The Balaban J connectivity index is 0.00000232. The van der Waals surface area contributed by atoms with Gasteiger partial charge < -0.3 is 24.8 Å². The second-order valence-electron chi connectivity index (χ2n) is 16.5. The predicted molar refractivity (Wildman–Crippen MR) is 214 cm³/mol. The zero-order chi connectivity index (χ0) is 34.6. The summed E-state index contributed by atoms with van der Waals surface area (Å²) in [6.07, 6.45) is 11.4. The van der Waals surface area contributed by atoms with Gasteiger partial charge in [-0.1, -0.05) is 0 Å². The van der Waals surface area contributed by atoms with Crippen molar-refractivity contribution in [3.05, 3.63) is 170 Å². The number of hydrogen-bond acceptors (Lipinski definition) is 0. The molecule has 6 aromatic rings. The van der Waals surface area contributed by atoms with E-state index in [-0.39, 0.29) is 35.6 Å². The Morgan fingerprint density at radius 2 is 1.19 bits per heavy atom. The molecule has 0 radical (unpaired) electrons. The number of rotatable bonds is 6. The van der Waals surface area contributed by atoms with E-state index in [0.717, 1.165) is 25.7 Å². The maximum atomic E-state index is 2.53. The summed E-state index contributed by atoms with van der Waals surface area (Å²) in [6, 6.07) is 44.2. The summed E-state index contributed by atoms with van der Waals surface area (Å²) < 4.78 is 5.24. The van der Waals surface area contributed by atoms with Crippen molar-refractivity contribution in [2.75, 3.05) is 0 Å². The van der Waals surface area contributed by atoms with Crippen molar-refractivity contribution in [3.63, 3.8) is 0 Å². The van der Waals surface area contributed by atoms with Crippen LogP contribution in [0.3, 0.4) is 0 Å². The van der Waals surface area contributed by atoms with Gasteiger partial charge in [0.25, 0.3) is 0 Å². The molecule has 0 spiro atoms. The second kappa shape index (κ2) is 15.2. The van der Waals surface area contributed by atoms with Gasteiger partial charge in [-0.05, 0) is 0 Å². The van der Waals surface area contributed by atoms with Crippen molar-refractivity contribution >= 4 is 28.0 Å². The largest absolute Gasteiger partial charge is 1.00 e. The van der Waals surface area contributed by atoms with E-state index in [1.54, 1.807) is 20.9 Å². The number of allylic oxidation sites excluding steroid dienone is 4. The molecule has 0 heterocycles. The molecule has 0 saturated carbocycles. The Morgan fingerprint density at radius 3 is 1.75 bits per heavy atom. The molecule has 0 fully saturated rings. The van der Waals surface area contributed by atoms with E-state index < -0.39 is 21.3 Å². The molecule has 3 heteroatoms. The molecule has 0 aliphatic heterocycles. The molecule has 2 aliphatic carbocycles. The van der Waals surface area contributed by atoms with Gasteiger partial charge in [0.15, 0.2) is 0 Å². The van der Waals surface area contributed by atoms with Gasteiger partial charge in [0.1, 0.15) is 0 Å². The number of hydrogen-bond donors (Lipinski definition) is 0. The third kappa shape index (κ3) is 7.27. The van der Waals surface area contributed by atoms with Crippen LogP contribution < -0.4 is 28.1 Å². The van der Waals surface area contributed by atoms with Gasteiger partial charge in [0.2, 0.25) is 0 Å². The van der Waals surface area contributed by atoms with Crippen molar-refractivity contribution in [1.29, 1.82) is 0 Å². The monoisotopic (exact) mass is 796 g/mol. The Labute approximate surface area is 331 Å². The van der Waals surface area contributed by atoms with E-state index in [1.165, 1.54) is 54.9 Å². The van der Waals surface area contributed by atoms with Crippen LogP contribution in [0.4, 0.5) is 0 Å². The van der Waals surface area contributed by atoms with Crippen LogP contribution in [0.1, 0.15) is 81.3 Å². The van der Waals surface area contributed by atoms with E-state index in [4.69, 9.17) is 0 Å². The van der Waals surface area contributed by atoms with Gasteiger partial charge in [-0.15, -0.1) is 0 Å². The van der Waals surface area contributed by atoms with Gasteiger partial charge in [0.05, 0.1) is 0 Å². The first-order valence-electron chi connectivity index (χ1n) is 18.4. The van der Waals surface area contributed by atoms with Crippen molar-refractivity contribution in [1.82, 2.24) is 0 Å². The molecule has 0 aromatic heterocycles. The topological polar surface area (TPSA) is 0 Å². The average Bonchev–Trinajstić information content (AvgIpc) is 3.76. The van der Waals surface area contributed by atoms with Crippen molar-refractivity contribution in [2.45, 2.75) is 78.1 Å². The van der Waals surface area contributed by atoms with E-state index in [2.05, 4.69) is 175 Å². The Bertz CT molecular complexity index is 2300. The second-order valence-corrected chi connectivity index (χ2v) is 22.9. The van der Waals surface area contributed by atoms with Crippen molar-refractivity contribution < 1.29 is 46.1 Å². The van der Waals surface area contributed by atoms with Crippen molar-refractivity contribution in [3.8, 4) is 11.1 Å². The SMILES string of the molecule is CC(C)(C)c1ccc2c(c1)Cc1c-2ccc(C(C)(C)C)[c]1[Zr+2]([C]1=CC=CC1)=[C](Cc1cccc2ccccc12)Cc1cccc2ccccc12.[Cl-].[Cl-]. The molecule has 0 nitrogen and oxygen atoms in total. The predicted octanol–water partition coefficient (Wildman–Crippen LogP) is 5.91. The average molecular weight is 799 g/mol. The summed E-state index contributed by atoms with van der Waals surface area (Å²) in [5.41, 5.74) is 12.1. The van der Waals surface area contributed by atoms with Gasteiger partial charge in [-0.25, -0.2) is 0 Å². The first kappa shape index (κ1) is 38.4. The van der Waals surface area contributed by atoms with Gasteiger partial charge >= 0.3 is 309 Å². The van der Waals surface area contributed by atoms with Crippen LogP contribution in [0.2, 0.25) is 0 Å². The quantitative estimate of drug-likeness (QED) is 0.197. The van der Waals surface area contributed by atoms with Crippen LogP contribution in [0, 0.1) is 0 Å². The summed E-state index contributed by atoms with van der Waals surface area (Å²) in [5, 5.41) is 5.45.